The van der Waals surface area contributed by atoms with Gasteiger partial charge in [0, 0.05) is 24.3 Å². The van der Waals surface area contributed by atoms with Gasteiger partial charge in [0.25, 0.3) is 5.91 Å². The van der Waals surface area contributed by atoms with Crippen molar-refractivity contribution in [2.24, 2.45) is 5.92 Å². The second-order valence-corrected chi connectivity index (χ2v) is 9.43. The van der Waals surface area contributed by atoms with Crippen LogP contribution in [0.2, 0.25) is 5.02 Å². The average Bonchev–Trinajstić information content (AvgIpc) is 2.69. The summed E-state index contributed by atoms with van der Waals surface area (Å²) in [6, 6.07) is 9.42. The maximum atomic E-state index is 13.0. The minimum absolute atomic E-state index is 0.0401. The molecule has 1 amide bonds. The molecule has 1 aliphatic heterocycles. The molecule has 0 radical (unpaired) electrons. The maximum absolute atomic E-state index is 13.0. The number of piperidine rings is 1. The fourth-order valence-electron chi connectivity index (χ4n) is 3.27. The van der Waals surface area contributed by atoms with E-state index in [2.05, 4.69) is 10.1 Å². The van der Waals surface area contributed by atoms with E-state index in [1.807, 2.05) is 6.92 Å². The molecule has 1 atom stereocenters. The lowest BCUT2D eigenvalue weighted by atomic mass is 10.0. The molecule has 1 unspecified atom stereocenters. The molecule has 0 saturated carbocycles. The van der Waals surface area contributed by atoms with Gasteiger partial charge in [-0.15, -0.1) is 0 Å². The molecule has 0 spiro atoms. The van der Waals surface area contributed by atoms with Crippen LogP contribution in [0, 0.1) is 5.92 Å². The summed E-state index contributed by atoms with van der Waals surface area (Å²) in [6.07, 6.45) is 1.73. The highest BCUT2D eigenvalue weighted by molar-refractivity contribution is 7.89. The molecule has 1 saturated heterocycles. The zero-order chi connectivity index (χ0) is 21.9. The van der Waals surface area contributed by atoms with Crippen molar-refractivity contribution in [3.05, 3.63) is 53.1 Å². The molecule has 1 fully saturated rings. The van der Waals surface area contributed by atoms with Crippen molar-refractivity contribution in [2.75, 3.05) is 18.4 Å². The van der Waals surface area contributed by atoms with Crippen LogP contribution < -0.4 is 10.1 Å². The van der Waals surface area contributed by atoms with Gasteiger partial charge >= 0.3 is 6.61 Å². The molecule has 30 heavy (non-hydrogen) atoms. The highest BCUT2D eigenvalue weighted by Crippen LogP contribution is 2.29. The van der Waals surface area contributed by atoms with Gasteiger partial charge in [0.1, 0.15) is 10.6 Å². The second-order valence-electron chi connectivity index (χ2n) is 7.11. The number of carbonyl (C=O) groups excluding carboxylic acids is 1. The van der Waals surface area contributed by atoms with E-state index in [0.717, 1.165) is 12.8 Å². The molecular formula is C20H21ClF2N2O4S. The lowest BCUT2D eigenvalue weighted by molar-refractivity contribution is -0.0498. The van der Waals surface area contributed by atoms with Crippen molar-refractivity contribution < 1.29 is 26.7 Å². The number of carbonyl (C=O) groups is 1. The molecule has 6 nitrogen and oxygen atoms in total. The smallest absolute Gasteiger partial charge is 0.387 e. The number of ether oxygens (including phenoxy) is 1. The first kappa shape index (κ1) is 22.5. The highest BCUT2D eigenvalue weighted by atomic mass is 35.5. The predicted octanol–water partition coefficient (Wildman–Crippen LogP) is 4.61. The highest BCUT2D eigenvalue weighted by Gasteiger charge is 2.31. The Hall–Kier alpha value is -2.23. The molecule has 2 aromatic rings. The Morgan fingerprint density at radius 2 is 1.93 bits per heavy atom. The number of anilines is 1. The van der Waals surface area contributed by atoms with Gasteiger partial charge in [-0.05, 0) is 61.2 Å². The molecule has 2 aromatic carbocycles. The van der Waals surface area contributed by atoms with Gasteiger partial charge in [-0.2, -0.15) is 13.1 Å². The Morgan fingerprint density at radius 3 is 2.57 bits per heavy atom. The van der Waals surface area contributed by atoms with Crippen LogP contribution in [0.15, 0.2) is 47.4 Å². The number of benzene rings is 2. The first-order valence-corrected chi connectivity index (χ1v) is 11.1. The Morgan fingerprint density at radius 1 is 1.23 bits per heavy atom. The number of nitrogens with zero attached hydrogens (tertiary/aromatic N) is 1. The van der Waals surface area contributed by atoms with Crippen molar-refractivity contribution in [1.82, 2.24) is 4.31 Å². The molecule has 0 bridgehead atoms. The van der Waals surface area contributed by atoms with E-state index in [1.54, 1.807) is 0 Å². The normalized spacial score (nSPS) is 17.7. The quantitative estimate of drug-likeness (QED) is 0.685. The molecule has 1 N–H and O–H groups in total. The summed E-state index contributed by atoms with van der Waals surface area (Å²) in [5.74, 6) is -0.355. The topological polar surface area (TPSA) is 75.7 Å². The van der Waals surface area contributed by atoms with E-state index in [-0.39, 0.29) is 27.1 Å². The van der Waals surface area contributed by atoms with E-state index in [0.29, 0.717) is 18.8 Å². The number of alkyl halides is 2. The van der Waals surface area contributed by atoms with Gasteiger partial charge in [-0.25, -0.2) is 8.42 Å². The Kier molecular flexibility index (Phi) is 6.95. The third-order valence-corrected chi connectivity index (χ3v) is 7.12. The van der Waals surface area contributed by atoms with Gasteiger partial charge in [-0.3, -0.25) is 4.79 Å². The number of amides is 1. The molecule has 1 aliphatic rings. The molecule has 0 aliphatic carbocycles. The summed E-state index contributed by atoms with van der Waals surface area (Å²) >= 11 is 6.15. The summed E-state index contributed by atoms with van der Waals surface area (Å²) in [5, 5.41) is 2.63. The minimum atomic E-state index is -3.84. The third kappa shape index (κ3) is 5.27. The van der Waals surface area contributed by atoms with Crippen LogP contribution in [-0.2, 0) is 10.0 Å². The van der Waals surface area contributed by atoms with E-state index < -0.39 is 22.5 Å². The molecule has 1 heterocycles. The minimum Gasteiger partial charge on any atom is -0.435 e. The van der Waals surface area contributed by atoms with E-state index in [1.165, 1.54) is 46.8 Å². The summed E-state index contributed by atoms with van der Waals surface area (Å²) in [7, 11) is -3.84. The van der Waals surface area contributed by atoms with Crippen LogP contribution in [0.5, 0.6) is 5.75 Å². The number of nitrogens with one attached hydrogen (secondary N) is 1. The van der Waals surface area contributed by atoms with Crippen molar-refractivity contribution in [2.45, 2.75) is 31.3 Å². The van der Waals surface area contributed by atoms with Crippen molar-refractivity contribution in [1.29, 1.82) is 0 Å². The monoisotopic (exact) mass is 458 g/mol. The maximum Gasteiger partial charge on any atom is 0.387 e. The molecule has 0 aromatic heterocycles. The van der Waals surface area contributed by atoms with Gasteiger partial charge < -0.3 is 10.1 Å². The first-order valence-electron chi connectivity index (χ1n) is 9.33. The fourth-order valence-corrected chi connectivity index (χ4v) is 5.37. The Labute approximate surface area is 178 Å². The third-order valence-electron chi connectivity index (χ3n) is 4.77. The van der Waals surface area contributed by atoms with Crippen molar-refractivity contribution in [3.63, 3.8) is 0 Å². The van der Waals surface area contributed by atoms with Crippen molar-refractivity contribution in [3.8, 4) is 5.75 Å². The largest absolute Gasteiger partial charge is 0.435 e. The number of rotatable bonds is 6. The van der Waals surface area contributed by atoms with Crippen LogP contribution >= 0.6 is 11.6 Å². The summed E-state index contributed by atoms with van der Waals surface area (Å²) in [5.41, 5.74) is 0.446. The molecule has 162 valence electrons. The average molecular weight is 459 g/mol. The fraction of sp³-hybridized carbons (Fsp3) is 0.350. The number of sulfonamides is 1. The standard InChI is InChI=1S/C20H21ClF2N2O4S/c1-13-3-2-10-25(12-13)30(27,28)18-11-14(4-9-17(18)21)19(26)24-15-5-7-16(8-6-15)29-20(22)23/h4-9,11,13,20H,2-3,10,12H2,1H3,(H,24,26). The number of halogens is 3. The lowest BCUT2D eigenvalue weighted by Gasteiger charge is -2.30. The lowest BCUT2D eigenvalue weighted by Crippen LogP contribution is -2.39. The number of hydrogen-bond acceptors (Lipinski definition) is 4. The predicted molar refractivity (Wildman–Crippen MR) is 110 cm³/mol. The van der Waals surface area contributed by atoms with E-state index in [4.69, 9.17) is 11.6 Å². The van der Waals surface area contributed by atoms with Gasteiger partial charge in [0.05, 0.1) is 5.02 Å². The Bertz CT molecular complexity index is 1020. The zero-order valence-electron chi connectivity index (χ0n) is 16.1. The van der Waals surface area contributed by atoms with Crippen LogP contribution in [0.25, 0.3) is 0 Å². The summed E-state index contributed by atoms with van der Waals surface area (Å²) < 4.78 is 56.2. The SMILES string of the molecule is CC1CCCN(S(=O)(=O)c2cc(C(=O)Nc3ccc(OC(F)F)cc3)ccc2Cl)C1. The van der Waals surface area contributed by atoms with E-state index in [9.17, 15) is 22.0 Å². The van der Waals surface area contributed by atoms with Gasteiger partial charge in [0.2, 0.25) is 10.0 Å². The van der Waals surface area contributed by atoms with Crippen LogP contribution in [0.4, 0.5) is 14.5 Å². The molecule has 3 rings (SSSR count). The molecular weight excluding hydrogens is 438 g/mol. The first-order chi connectivity index (χ1) is 14.2. The Balaban J connectivity index is 1.79. The summed E-state index contributed by atoms with van der Waals surface area (Å²) in [4.78, 5) is 12.5. The van der Waals surface area contributed by atoms with Gasteiger partial charge in [-0.1, -0.05) is 18.5 Å². The van der Waals surface area contributed by atoms with Crippen molar-refractivity contribution >= 4 is 33.2 Å². The van der Waals surface area contributed by atoms with Crippen LogP contribution in [0.3, 0.4) is 0 Å². The molecule has 10 heteroatoms. The zero-order valence-corrected chi connectivity index (χ0v) is 17.7. The van der Waals surface area contributed by atoms with Crippen LogP contribution in [0.1, 0.15) is 30.1 Å². The summed E-state index contributed by atoms with van der Waals surface area (Å²) in [6.45, 7) is -0.137. The van der Waals surface area contributed by atoms with E-state index >= 15 is 0 Å². The number of hydrogen-bond donors (Lipinski definition) is 1. The van der Waals surface area contributed by atoms with Gasteiger partial charge in [0.15, 0.2) is 0 Å². The second kappa shape index (κ2) is 9.28. The van der Waals surface area contributed by atoms with Crippen LogP contribution in [-0.4, -0.2) is 38.3 Å².